The zero-order valence-corrected chi connectivity index (χ0v) is 26.7. The van der Waals surface area contributed by atoms with Crippen LogP contribution < -0.4 is 10.5 Å². The molecule has 0 atom stereocenters. The summed E-state index contributed by atoms with van der Waals surface area (Å²) in [6.45, 7) is 3.38. The largest absolute Gasteiger partial charge is 0.416 e. The van der Waals surface area contributed by atoms with Crippen molar-refractivity contribution in [1.82, 2.24) is 19.0 Å². The number of aromatic nitrogens is 2. The topological polar surface area (TPSA) is 111 Å². The van der Waals surface area contributed by atoms with Gasteiger partial charge in [0.1, 0.15) is 5.82 Å². The van der Waals surface area contributed by atoms with E-state index in [0.717, 1.165) is 73.9 Å². The number of aryl methyl sites for hydroxylation is 1. The van der Waals surface area contributed by atoms with Crippen LogP contribution in [0.2, 0.25) is 0 Å². The number of fused-ring (bicyclic) bond motifs is 2. The molecule has 0 aliphatic carbocycles. The fourth-order valence-corrected chi connectivity index (χ4v) is 8.45. The maximum atomic E-state index is 13.9. The smallest absolute Gasteiger partial charge is 0.399 e. The zero-order chi connectivity index (χ0) is 32.8. The maximum absolute atomic E-state index is 13.9. The second-order valence-electron chi connectivity index (χ2n) is 11.8. The molecule has 2 N–H and O–H groups in total. The molecule has 15 heteroatoms. The molecule has 4 aromatic rings. The standard InChI is InChI=1S/C31H33F4N5O4S2/c1-46(42,43)39-16-11-25-24(18-39)28(20-3-5-21(6-4-20)31(33,34)35)37-40(25)13-2-12-38-14-9-19(10-15-38)27-23-8-7-22(32)17-26(23)45-29(27)44-30(36)41/h3-8,17,19H,2,9-16,18H2,1H3,(H2,36,41). The summed E-state index contributed by atoms with van der Waals surface area (Å²) in [5, 5.41) is 6.06. The first-order valence-electron chi connectivity index (χ1n) is 14.9. The first kappa shape index (κ1) is 32.4. The minimum Gasteiger partial charge on any atom is -0.399 e. The van der Waals surface area contributed by atoms with Crippen molar-refractivity contribution >= 4 is 37.5 Å². The van der Waals surface area contributed by atoms with Gasteiger partial charge < -0.3 is 15.4 Å². The number of benzene rings is 2. The van der Waals surface area contributed by atoms with Crippen molar-refractivity contribution in [1.29, 1.82) is 0 Å². The van der Waals surface area contributed by atoms with Crippen LogP contribution in [0.1, 0.15) is 47.6 Å². The van der Waals surface area contributed by atoms with Crippen molar-refractivity contribution in [3.05, 3.63) is 70.7 Å². The van der Waals surface area contributed by atoms with E-state index in [1.165, 1.54) is 39.9 Å². The average Bonchev–Trinajstić information content (AvgIpc) is 3.53. The summed E-state index contributed by atoms with van der Waals surface area (Å²) in [5.41, 5.74) is 8.05. The van der Waals surface area contributed by atoms with E-state index < -0.39 is 27.9 Å². The number of carbonyl (C=O) groups is 1. The molecule has 1 fully saturated rings. The van der Waals surface area contributed by atoms with E-state index in [4.69, 9.17) is 15.6 Å². The van der Waals surface area contributed by atoms with Crippen LogP contribution in [0.4, 0.5) is 22.4 Å². The third-order valence-electron chi connectivity index (χ3n) is 8.74. The predicted octanol–water partition coefficient (Wildman–Crippen LogP) is 5.97. The van der Waals surface area contributed by atoms with E-state index in [-0.39, 0.29) is 18.3 Å². The average molecular weight is 680 g/mol. The normalized spacial score (nSPS) is 17.0. The highest BCUT2D eigenvalue weighted by Crippen LogP contribution is 2.45. The molecule has 0 saturated carbocycles. The van der Waals surface area contributed by atoms with Gasteiger partial charge in [-0.25, -0.2) is 17.6 Å². The number of primary amides is 1. The Morgan fingerprint density at radius 3 is 2.46 bits per heavy atom. The highest BCUT2D eigenvalue weighted by Gasteiger charge is 2.33. The van der Waals surface area contributed by atoms with Crippen LogP contribution in [0.3, 0.4) is 0 Å². The molecule has 4 heterocycles. The first-order valence-corrected chi connectivity index (χ1v) is 17.6. The SMILES string of the molecule is CS(=O)(=O)N1CCc2c(c(-c3ccc(C(F)(F)F)cc3)nn2CCCN2CCC(c3c(OC(N)=O)sc4cc(F)ccc34)CC2)C1. The molecule has 46 heavy (non-hydrogen) atoms. The Hall–Kier alpha value is -3.53. The van der Waals surface area contributed by atoms with Gasteiger partial charge in [-0.3, -0.25) is 4.68 Å². The minimum absolute atomic E-state index is 0.114. The molecular weight excluding hydrogens is 646 g/mol. The van der Waals surface area contributed by atoms with Crippen LogP contribution in [0.25, 0.3) is 21.3 Å². The molecule has 2 aromatic heterocycles. The molecule has 0 spiro atoms. The Kier molecular flexibility index (Phi) is 8.87. The number of piperidine rings is 1. The van der Waals surface area contributed by atoms with Gasteiger partial charge in [0.2, 0.25) is 10.0 Å². The fourth-order valence-electron chi connectivity index (χ4n) is 6.49. The summed E-state index contributed by atoms with van der Waals surface area (Å²) in [6, 6.07) is 9.34. The number of sulfonamides is 1. The number of halogens is 4. The quantitative estimate of drug-likeness (QED) is 0.230. The number of rotatable bonds is 8. The van der Waals surface area contributed by atoms with Crippen LogP contribution in [-0.2, 0) is 35.7 Å². The molecule has 2 aliphatic rings. The van der Waals surface area contributed by atoms with Gasteiger partial charge in [-0.2, -0.15) is 22.6 Å². The van der Waals surface area contributed by atoms with E-state index in [9.17, 15) is 30.8 Å². The summed E-state index contributed by atoms with van der Waals surface area (Å²) in [7, 11) is -3.47. The van der Waals surface area contributed by atoms with Gasteiger partial charge in [0.25, 0.3) is 0 Å². The van der Waals surface area contributed by atoms with Crippen molar-refractivity contribution < 1.29 is 35.5 Å². The number of carbonyl (C=O) groups excluding carboxylic acids is 1. The van der Waals surface area contributed by atoms with Crippen LogP contribution >= 0.6 is 11.3 Å². The lowest BCUT2D eigenvalue weighted by Crippen LogP contribution is -2.36. The van der Waals surface area contributed by atoms with Gasteiger partial charge in [-0.05, 0) is 69.1 Å². The zero-order valence-electron chi connectivity index (χ0n) is 25.0. The number of thiophene rings is 1. The van der Waals surface area contributed by atoms with Crippen molar-refractivity contribution in [2.75, 3.05) is 32.4 Å². The van der Waals surface area contributed by atoms with Crippen LogP contribution in [0, 0.1) is 5.82 Å². The third-order valence-corrected chi connectivity index (χ3v) is 11.0. The van der Waals surface area contributed by atoms with Crippen molar-refractivity contribution in [3.8, 4) is 16.3 Å². The fraction of sp³-hybridized carbons (Fsp3) is 0.419. The lowest BCUT2D eigenvalue weighted by atomic mass is 9.88. The summed E-state index contributed by atoms with van der Waals surface area (Å²) in [6.07, 6.45) is -1.38. The van der Waals surface area contributed by atoms with Gasteiger partial charge >= 0.3 is 12.3 Å². The van der Waals surface area contributed by atoms with Crippen LogP contribution in [0.5, 0.6) is 5.06 Å². The van der Waals surface area contributed by atoms with Crippen LogP contribution in [0.15, 0.2) is 42.5 Å². The van der Waals surface area contributed by atoms with Gasteiger partial charge in [0.05, 0.1) is 17.5 Å². The molecule has 0 bridgehead atoms. The predicted molar refractivity (Wildman–Crippen MR) is 167 cm³/mol. The molecule has 9 nitrogen and oxygen atoms in total. The molecule has 0 radical (unpaired) electrons. The Balaban J connectivity index is 1.14. The van der Waals surface area contributed by atoms with Gasteiger partial charge in [0, 0.05) is 58.5 Å². The second kappa shape index (κ2) is 12.6. The van der Waals surface area contributed by atoms with E-state index in [1.807, 2.05) is 4.68 Å². The molecule has 1 amide bonds. The number of nitrogens with two attached hydrogens (primary N) is 1. The molecule has 6 rings (SSSR count). The maximum Gasteiger partial charge on any atom is 0.416 e. The van der Waals surface area contributed by atoms with Crippen LogP contribution in [-0.4, -0.2) is 65.9 Å². The second-order valence-corrected chi connectivity index (χ2v) is 14.8. The number of likely N-dealkylation sites (tertiary alicyclic amines) is 1. The summed E-state index contributed by atoms with van der Waals surface area (Å²) in [4.78, 5) is 13.9. The Bertz CT molecular complexity index is 1860. The number of ether oxygens (including phenoxy) is 1. The van der Waals surface area contributed by atoms with E-state index in [1.54, 1.807) is 6.07 Å². The minimum atomic E-state index is -4.46. The number of amides is 1. The highest BCUT2D eigenvalue weighted by molar-refractivity contribution is 7.88. The van der Waals surface area contributed by atoms with Crippen molar-refractivity contribution in [3.63, 3.8) is 0 Å². The van der Waals surface area contributed by atoms with Gasteiger partial charge in [-0.15, -0.1) is 0 Å². The molecule has 2 aliphatic heterocycles. The van der Waals surface area contributed by atoms with Crippen molar-refractivity contribution in [2.24, 2.45) is 5.73 Å². The van der Waals surface area contributed by atoms with Gasteiger partial charge in [-0.1, -0.05) is 29.5 Å². The number of nitrogens with zero attached hydrogens (tertiary/aromatic N) is 4. The Morgan fingerprint density at radius 2 is 1.80 bits per heavy atom. The molecule has 1 saturated heterocycles. The molecule has 246 valence electrons. The molecule has 2 aromatic carbocycles. The van der Waals surface area contributed by atoms with E-state index >= 15 is 0 Å². The molecule has 0 unspecified atom stereocenters. The third kappa shape index (κ3) is 6.77. The van der Waals surface area contributed by atoms with Crippen molar-refractivity contribution in [2.45, 2.75) is 50.9 Å². The van der Waals surface area contributed by atoms with Gasteiger partial charge in [0.15, 0.2) is 5.06 Å². The number of alkyl halides is 3. The summed E-state index contributed by atoms with van der Waals surface area (Å²) < 4.78 is 87.3. The lowest BCUT2D eigenvalue weighted by Gasteiger charge is -2.32. The first-order chi connectivity index (χ1) is 21.8. The summed E-state index contributed by atoms with van der Waals surface area (Å²) in [5.74, 6) is -0.245. The van der Waals surface area contributed by atoms with E-state index in [0.29, 0.717) is 46.1 Å². The Labute approximate surface area is 267 Å². The van der Waals surface area contributed by atoms with E-state index in [2.05, 4.69) is 4.90 Å². The Morgan fingerprint density at radius 1 is 1.09 bits per heavy atom. The monoisotopic (exact) mass is 679 g/mol. The number of hydrogen-bond donors (Lipinski definition) is 1. The summed E-state index contributed by atoms with van der Waals surface area (Å²) >= 11 is 1.21. The highest BCUT2D eigenvalue weighted by atomic mass is 32.2. The lowest BCUT2D eigenvalue weighted by molar-refractivity contribution is -0.137. The molecular formula is C31H33F4N5O4S2. The number of hydrogen-bond acceptors (Lipinski definition) is 7.